The molecule has 15 heavy (non-hydrogen) atoms. The van der Waals surface area contributed by atoms with E-state index in [0.29, 0.717) is 24.9 Å². The summed E-state index contributed by atoms with van der Waals surface area (Å²) in [7, 11) is 0. The molecule has 2 rings (SSSR count). The molecule has 6 heteroatoms. The normalized spacial score (nSPS) is 17.0. The van der Waals surface area contributed by atoms with Crippen LogP contribution in [-0.2, 0) is 4.74 Å². The Balaban J connectivity index is 2.00. The third kappa shape index (κ3) is 2.62. The first kappa shape index (κ1) is 9.83. The Morgan fingerprint density at radius 2 is 2.27 bits per heavy atom. The molecule has 2 heterocycles. The van der Waals surface area contributed by atoms with Crippen LogP contribution < -0.4 is 5.43 Å². The second-order valence-corrected chi connectivity index (χ2v) is 3.09. The maximum Gasteiger partial charge on any atom is 0.238 e. The van der Waals surface area contributed by atoms with E-state index in [9.17, 15) is 0 Å². The van der Waals surface area contributed by atoms with Crippen molar-refractivity contribution in [2.24, 2.45) is 0 Å². The van der Waals surface area contributed by atoms with Crippen molar-refractivity contribution in [1.82, 2.24) is 15.0 Å². The highest BCUT2D eigenvalue weighted by atomic mass is 16.5. The number of nitriles is 1. The van der Waals surface area contributed by atoms with Crippen LogP contribution in [0.4, 0.5) is 5.95 Å². The van der Waals surface area contributed by atoms with E-state index >= 15 is 0 Å². The van der Waals surface area contributed by atoms with Gasteiger partial charge in [-0.05, 0) is 6.07 Å². The van der Waals surface area contributed by atoms with Crippen LogP contribution in [0.2, 0.25) is 0 Å². The molecule has 1 aromatic heterocycles. The zero-order valence-electron chi connectivity index (χ0n) is 8.18. The summed E-state index contributed by atoms with van der Waals surface area (Å²) in [5.74, 6) is 0.455. The van der Waals surface area contributed by atoms with Crippen molar-refractivity contribution < 1.29 is 4.74 Å². The van der Waals surface area contributed by atoms with Gasteiger partial charge in [0, 0.05) is 19.3 Å². The summed E-state index contributed by atoms with van der Waals surface area (Å²) in [6.07, 6.45) is 1.56. The second-order valence-electron chi connectivity index (χ2n) is 3.09. The van der Waals surface area contributed by atoms with E-state index in [4.69, 9.17) is 10.00 Å². The van der Waals surface area contributed by atoms with Gasteiger partial charge in [0.15, 0.2) is 0 Å². The van der Waals surface area contributed by atoms with Crippen LogP contribution in [0.25, 0.3) is 0 Å². The molecule has 1 aliphatic heterocycles. The molecule has 0 saturated carbocycles. The first-order valence-electron chi connectivity index (χ1n) is 4.71. The molecule has 78 valence electrons. The fourth-order valence-electron chi connectivity index (χ4n) is 1.29. The molecule has 0 unspecified atom stereocenters. The Bertz CT molecular complexity index is 369. The van der Waals surface area contributed by atoms with Crippen molar-refractivity contribution in [2.75, 3.05) is 31.7 Å². The van der Waals surface area contributed by atoms with Gasteiger partial charge in [0.2, 0.25) is 5.95 Å². The molecule has 1 saturated heterocycles. The van der Waals surface area contributed by atoms with Gasteiger partial charge in [0.1, 0.15) is 11.8 Å². The number of anilines is 1. The van der Waals surface area contributed by atoms with Crippen LogP contribution in [0.15, 0.2) is 12.3 Å². The summed E-state index contributed by atoms with van der Waals surface area (Å²) in [5.41, 5.74) is 3.40. The molecule has 1 N–H and O–H groups in total. The molecule has 0 bridgehead atoms. The van der Waals surface area contributed by atoms with Gasteiger partial charge < -0.3 is 4.74 Å². The number of hydrazine groups is 1. The molecule has 6 nitrogen and oxygen atoms in total. The van der Waals surface area contributed by atoms with E-state index in [-0.39, 0.29) is 0 Å². The van der Waals surface area contributed by atoms with E-state index in [1.807, 2.05) is 11.1 Å². The van der Waals surface area contributed by atoms with E-state index in [1.54, 1.807) is 12.3 Å². The lowest BCUT2D eigenvalue weighted by Gasteiger charge is -2.26. The Morgan fingerprint density at radius 3 is 3.00 bits per heavy atom. The minimum Gasteiger partial charge on any atom is -0.379 e. The average molecular weight is 205 g/mol. The number of hydrogen-bond donors (Lipinski definition) is 1. The molecule has 1 aliphatic rings. The van der Waals surface area contributed by atoms with Crippen molar-refractivity contribution in [3.63, 3.8) is 0 Å². The molecule has 1 fully saturated rings. The van der Waals surface area contributed by atoms with Crippen LogP contribution in [-0.4, -0.2) is 41.3 Å². The van der Waals surface area contributed by atoms with Gasteiger partial charge >= 0.3 is 0 Å². The maximum atomic E-state index is 8.67. The Morgan fingerprint density at radius 1 is 1.47 bits per heavy atom. The van der Waals surface area contributed by atoms with Gasteiger partial charge in [0.05, 0.1) is 13.2 Å². The SMILES string of the molecule is N#Cc1ccnc(NN2CCOCC2)n1. The maximum absolute atomic E-state index is 8.67. The summed E-state index contributed by atoms with van der Waals surface area (Å²) >= 11 is 0. The lowest BCUT2D eigenvalue weighted by atomic mass is 10.4. The minimum absolute atomic E-state index is 0.362. The Labute approximate surface area is 87.5 Å². The predicted octanol–water partition coefficient (Wildman–Crippen LogP) is 0.00738. The molecular formula is C9H11N5O. The number of rotatable bonds is 2. The first-order valence-corrected chi connectivity index (χ1v) is 4.71. The summed E-state index contributed by atoms with van der Waals surface area (Å²) in [4.78, 5) is 8.05. The van der Waals surface area contributed by atoms with Crippen LogP contribution >= 0.6 is 0 Å². The predicted molar refractivity (Wildman–Crippen MR) is 52.8 cm³/mol. The van der Waals surface area contributed by atoms with Crippen LogP contribution in [0.5, 0.6) is 0 Å². The summed E-state index contributed by atoms with van der Waals surface area (Å²) in [6.45, 7) is 2.98. The highest BCUT2D eigenvalue weighted by molar-refractivity contribution is 5.29. The zero-order chi connectivity index (χ0) is 10.5. The monoisotopic (exact) mass is 205 g/mol. The third-order valence-corrected chi connectivity index (χ3v) is 2.04. The van der Waals surface area contributed by atoms with Gasteiger partial charge in [-0.15, -0.1) is 0 Å². The quantitative estimate of drug-likeness (QED) is 0.733. The number of hydrogen-bond acceptors (Lipinski definition) is 6. The van der Waals surface area contributed by atoms with Crippen LogP contribution in [0, 0.1) is 11.3 Å². The van der Waals surface area contributed by atoms with Crippen molar-refractivity contribution in [2.45, 2.75) is 0 Å². The van der Waals surface area contributed by atoms with Gasteiger partial charge in [0.25, 0.3) is 0 Å². The Hall–Kier alpha value is -1.71. The molecule has 0 aliphatic carbocycles. The third-order valence-electron chi connectivity index (χ3n) is 2.04. The molecule has 1 aromatic rings. The van der Waals surface area contributed by atoms with Gasteiger partial charge in [-0.1, -0.05) is 0 Å². The number of morpholine rings is 1. The fraction of sp³-hybridized carbons (Fsp3) is 0.444. The minimum atomic E-state index is 0.362. The van der Waals surface area contributed by atoms with E-state index in [0.717, 1.165) is 13.1 Å². The number of nitrogens with one attached hydrogen (secondary N) is 1. The van der Waals surface area contributed by atoms with E-state index < -0.39 is 0 Å². The van der Waals surface area contributed by atoms with Crippen molar-refractivity contribution >= 4 is 5.95 Å². The highest BCUT2D eigenvalue weighted by Gasteiger charge is 2.10. The highest BCUT2D eigenvalue weighted by Crippen LogP contribution is 2.03. The van der Waals surface area contributed by atoms with Gasteiger partial charge in [-0.2, -0.15) is 5.26 Å². The number of ether oxygens (including phenoxy) is 1. The number of nitrogens with zero attached hydrogens (tertiary/aromatic N) is 4. The Kier molecular flexibility index (Phi) is 3.07. The molecule has 0 aromatic carbocycles. The van der Waals surface area contributed by atoms with Gasteiger partial charge in [-0.3, -0.25) is 5.43 Å². The topological polar surface area (TPSA) is 74.1 Å². The summed E-state index contributed by atoms with van der Waals surface area (Å²) in [5, 5.41) is 10.6. The van der Waals surface area contributed by atoms with Crippen molar-refractivity contribution in [1.29, 1.82) is 5.26 Å². The largest absolute Gasteiger partial charge is 0.379 e. The molecule has 0 spiro atoms. The van der Waals surface area contributed by atoms with Crippen LogP contribution in [0.3, 0.4) is 0 Å². The molecule has 0 amide bonds. The van der Waals surface area contributed by atoms with Crippen LogP contribution in [0.1, 0.15) is 5.69 Å². The smallest absolute Gasteiger partial charge is 0.238 e. The lowest BCUT2D eigenvalue weighted by Crippen LogP contribution is -2.40. The first-order chi connectivity index (χ1) is 7.38. The summed E-state index contributed by atoms with van der Waals surface area (Å²) in [6, 6.07) is 3.54. The molecule has 0 atom stereocenters. The molecular weight excluding hydrogens is 194 g/mol. The van der Waals surface area contributed by atoms with Crippen molar-refractivity contribution in [3.05, 3.63) is 18.0 Å². The van der Waals surface area contributed by atoms with Gasteiger partial charge in [-0.25, -0.2) is 15.0 Å². The van der Waals surface area contributed by atoms with E-state index in [2.05, 4.69) is 15.4 Å². The summed E-state index contributed by atoms with van der Waals surface area (Å²) < 4.78 is 5.21. The number of aromatic nitrogens is 2. The van der Waals surface area contributed by atoms with E-state index in [1.165, 1.54) is 0 Å². The van der Waals surface area contributed by atoms with Crippen molar-refractivity contribution in [3.8, 4) is 6.07 Å². The molecule has 0 radical (unpaired) electrons. The standard InChI is InChI=1S/C9H11N5O/c10-7-8-1-2-11-9(12-8)13-14-3-5-15-6-4-14/h1-2H,3-6H2,(H,11,12,13). The zero-order valence-corrected chi connectivity index (χ0v) is 8.18. The lowest BCUT2D eigenvalue weighted by molar-refractivity contribution is 0.0492. The second kappa shape index (κ2) is 4.68. The average Bonchev–Trinajstić information content (AvgIpc) is 2.31. The fourth-order valence-corrected chi connectivity index (χ4v) is 1.29.